The molecular weight excluding hydrogens is 382 g/mol. The quantitative estimate of drug-likeness (QED) is 0.720. The molecule has 0 aliphatic carbocycles. The minimum absolute atomic E-state index is 0.0853. The average molecular weight is 409 g/mol. The maximum absolute atomic E-state index is 13.0. The lowest BCUT2D eigenvalue weighted by molar-refractivity contribution is -0.123. The zero-order valence-electron chi connectivity index (χ0n) is 17.3. The van der Waals surface area contributed by atoms with Crippen molar-refractivity contribution in [3.63, 3.8) is 0 Å². The van der Waals surface area contributed by atoms with Crippen molar-refractivity contribution >= 4 is 29.3 Å². The summed E-state index contributed by atoms with van der Waals surface area (Å²) in [6, 6.07) is 7.52. The molecule has 158 valence electrons. The Morgan fingerprint density at radius 2 is 2.10 bits per heavy atom. The molecule has 0 saturated carbocycles. The molecule has 2 atom stereocenters. The van der Waals surface area contributed by atoms with Crippen LogP contribution < -0.4 is 21.1 Å². The van der Waals surface area contributed by atoms with E-state index in [-0.39, 0.29) is 35.2 Å². The number of aromatic amines is 1. The summed E-state index contributed by atoms with van der Waals surface area (Å²) < 4.78 is 0. The number of H-pyrrole nitrogens is 1. The summed E-state index contributed by atoms with van der Waals surface area (Å²) in [5.41, 5.74) is 1.53. The highest BCUT2D eigenvalue weighted by Crippen LogP contribution is 2.31. The molecule has 30 heavy (non-hydrogen) atoms. The predicted molar refractivity (Wildman–Crippen MR) is 116 cm³/mol. The van der Waals surface area contributed by atoms with Gasteiger partial charge in [0.25, 0.3) is 5.56 Å². The second kappa shape index (κ2) is 8.30. The molecule has 2 aliphatic heterocycles. The third kappa shape index (κ3) is 3.94. The fourth-order valence-corrected chi connectivity index (χ4v) is 4.29. The Morgan fingerprint density at radius 3 is 2.87 bits per heavy atom. The van der Waals surface area contributed by atoms with E-state index < -0.39 is 5.92 Å². The van der Waals surface area contributed by atoms with Crippen LogP contribution in [0, 0.1) is 5.92 Å². The van der Waals surface area contributed by atoms with Crippen LogP contribution in [0.1, 0.15) is 50.2 Å². The van der Waals surface area contributed by atoms with Gasteiger partial charge in [-0.25, -0.2) is 0 Å². The number of benzene rings is 1. The van der Waals surface area contributed by atoms with Gasteiger partial charge in [-0.2, -0.15) is 4.98 Å². The van der Waals surface area contributed by atoms with Crippen molar-refractivity contribution < 1.29 is 9.59 Å². The molecule has 2 aromatic rings. The molecule has 3 N–H and O–H groups in total. The molecule has 0 spiro atoms. The van der Waals surface area contributed by atoms with E-state index in [0.717, 1.165) is 37.9 Å². The van der Waals surface area contributed by atoms with Crippen LogP contribution in [-0.2, 0) is 16.0 Å². The lowest BCUT2D eigenvalue weighted by atomic mass is 9.92. The first-order valence-corrected chi connectivity index (χ1v) is 10.5. The van der Waals surface area contributed by atoms with E-state index in [2.05, 4.69) is 27.5 Å². The molecule has 8 heteroatoms. The number of piperidine rings is 1. The van der Waals surface area contributed by atoms with E-state index in [9.17, 15) is 14.4 Å². The van der Waals surface area contributed by atoms with Gasteiger partial charge in [-0.05, 0) is 36.8 Å². The lowest BCUT2D eigenvalue weighted by Gasteiger charge is -2.32. The van der Waals surface area contributed by atoms with Crippen LogP contribution in [0.15, 0.2) is 29.1 Å². The van der Waals surface area contributed by atoms with Crippen molar-refractivity contribution in [1.82, 2.24) is 9.97 Å². The third-order valence-corrected chi connectivity index (χ3v) is 5.87. The van der Waals surface area contributed by atoms with Crippen LogP contribution in [0.4, 0.5) is 17.5 Å². The molecule has 4 rings (SSSR count). The zero-order valence-corrected chi connectivity index (χ0v) is 17.3. The number of hydrogen-bond acceptors (Lipinski definition) is 5. The Kier molecular flexibility index (Phi) is 5.57. The van der Waals surface area contributed by atoms with Crippen molar-refractivity contribution in [3.05, 3.63) is 45.7 Å². The fraction of sp³-hybridized carbons (Fsp3) is 0.455. The number of amides is 2. The van der Waals surface area contributed by atoms with Crippen molar-refractivity contribution in [2.24, 2.45) is 5.92 Å². The summed E-state index contributed by atoms with van der Waals surface area (Å²) in [6.45, 7) is 5.77. The summed E-state index contributed by atoms with van der Waals surface area (Å²) in [5.74, 6) is -0.438. The number of aromatic nitrogens is 2. The van der Waals surface area contributed by atoms with Gasteiger partial charge in [0.2, 0.25) is 17.8 Å². The molecule has 0 unspecified atom stereocenters. The first-order chi connectivity index (χ1) is 14.5. The number of nitrogens with zero attached hydrogens (tertiary/aromatic N) is 2. The van der Waals surface area contributed by atoms with Gasteiger partial charge in [0.05, 0.1) is 11.5 Å². The SMILES string of the molecule is CCc1ccccc1NC(=O)[C@@H]1CC(=O)Nc2nc(N3CCC[C@H](C)C3)[nH]c(=O)c21. The Hall–Kier alpha value is -3.16. The van der Waals surface area contributed by atoms with Gasteiger partial charge in [0.1, 0.15) is 5.82 Å². The summed E-state index contributed by atoms with van der Waals surface area (Å²) >= 11 is 0. The first-order valence-electron chi connectivity index (χ1n) is 10.5. The highest BCUT2D eigenvalue weighted by atomic mass is 16.2. The maximum atomic E-state index is 13.0. The van der Waals surface area contributed by atoms with E-state index in [1.165, 1.54) is 0 Å². The number of para-hydroxylation sites is 1. The Balaban J connectivity index is 1.65. The van der Waals surface area contributed by atoms with E-state index in [4.69, 9.17) is 0 Å². The van der Waals surface area contributed by atoms with Crippen LogP contribution >= 0.6 is 0 Å². The number of rotatable bonds is 4. The van der Waals surface area contributed by atoms with Crippen molar-refractivity contribution in [3.8, 4) is 0 Å². The van der Waals surface area contributed by atoms with Gasteiger partial charge >= 0.3 is 0 Å². The third-order valence-electron chi connectivity index (χ3n) is 5.87. The molecule has 2 aliphatic rings. The van der Waals surface area contributed by atoms with Gasteiger partial charge < -0.3 is 15.5 Å². The van der Waals surface area contributed by atoms with Gasteiger partial charge in [-0.15, -0.1) is 0 Å². The van der Waals surface area contributed by atoms with Crippen molar-refractivity contribution in [1.29, 1.82) is 0 Å². The highest BCUT2D eigenvalue weighted by Gasteiger charge is 2.35. The van der Waals surface area contributed by atoms with Crippen molar-refractivity contribution in [2.75, 3.05) is 28.6 Å². The summed E-state index contributed by atoms with van der Waals surface area (Å²) in [5, 5.41) is 5.58. The Morgan fingerprint density at radius 1 is 1.30 bits per heavy atom. The zero-order chi connectivity index (χ0) is 21.3. The van der Waals surface area contributed by atoms with E-state index in [1.807, 2.05) is 36.1 Å². The minimum atomic E-state index is -0.885. The van der Waals surface area contributed by atoms with Crippen LogP contribution in [0.3, 0.4) is 0 Å². The van der Waals surface area contributed by atoms with Crippen LogP contribution in [0.2, 0.25) is 0 Å². The molecular formula is C22H27N5O3. The van der Waals surface area contributed by atoms with Gasteiger partial charge in [0, 0.05) is 25.2 Å². The molecule has 0 bridgehead atoms. The molecule has 1 fully saturated rings. The number of aryl methyl sites for hydroxylation is 1. The van der Waals surface area contributed by atoms with Crippen LogP contribution in [0.25, 0.3) is 0 Å². The number of fused-ring (bicyclic) bond motifs is 1. The number of anilines is 3. The van der Waals surface area contributed by atoms with E-state index >= 15 is 0 Å². The average Bonchev–Trinajstić information content (AvgIpc) is 2.73. The second-order valence-electron chi connectivity index (χ2n) is 8.15. The Labute approximate surface area is 175 Å². The number of hydrogen-bond donors (Lipinski definition) is 3. The number of carbonyl (C=O) groups is 2. The maximum Gasteiger partial charge on any atom is 0.258 e. The molecule has 1 aromatic heterocycles. The van der Waals surface area contributed by atoms with Crippen molar-refractivity contribution in [2.45, 2.75) is 45.4 Å². The molecule has 0 radical (unpaired) electrons. The van der Waals surface area contributed by atoms with Gasteiger partial charge in [0.15, 0.2) is 0 Å². The normalized spacial score (nSPS) is 21.0. The monoisotopic (exact) mass is 409 g/mol. The van der Waals surface area contributed by atoms with E-state index in [0.29, 0.717) is 17.6 Å². The van der Waals surface area contributed by atoms with Crippen LogP contribution in [-0.4, -0.2) is 34.9 Å². The predicted octanol–water partition coefficient (Wildman–Crippen LogP) is 2.63. The minimum Gasteiger partial charge on any atom is -0.342 e. The first kappa shape index (κ1) is 20.1. The van der Waals surface area contributed by atoms with Gasteiger partial charge in [-0.3, -0.25) is 19.4 Å². The van der Waals surface area contributed by atoms with E-state index in [1.54, 1.807) is 0 Å². The topological polar surface area (TPSA) is 107 Å². The smallest absolute Gasteiger partial charge is 0.258 e. The number of nitrogens with one attached hydrogen (secondary N) is 3. The van der Waals surface area contributed by atoms with Crippen LogP contribution in [0.5, 0.6) is 0 Å². The Bertz CT molecular complexity index is 1030. The summed E-state index contributed by atoms with van der Waals surface area (Å²) in [6.07, 6.45) is 2.84. The summed E-state index contributed by atoms with van der Waals surface area (Å²) in [7, 11) is 0. The van der Waals surface area contributed by atoms with Gasteiger partial charge in [-0.1, -0.05) is 32.0 Å². The fourth-order valence-electron chi connectivity index (χ4n) is 4.29. The standard InChI is InChI=1S/C22H27N5O3/c1-3-14-8-4-5-9-16(14)23-20(29)15-11-17(28)24-19-18(15)21(30)26-22(25-19)27-10-6-7-13(2)12-27/h4-5,8-9,13,15H,3,6-7,10-12H2,1-2H3,(H,23,29)(H2,24,25,26,28,30)/t13-,15+/m0/s1. The largest absolute Gasteiger partial charge is 0.342 e. The number of carbonyl (C=O) groups excluding carboxylic acids is 2. The molecule has 2 amide bonds. The molecule has 3 heterocycles. The highest BCUT2D eigenvalue weighted by molar-refractivity contribution is 6.04. The molecule has 1 saturated heterocycles. The lowest BCUT2D eigenvalue weighted by Crippen LogP contribution is -2.40. The second-order valence-corrected chi connectivity index (χ2v) is 8.15. The summed E-state index contributed by atoms with van der Waals surface area (Å²) in [4.78, 5) is 47.7. The molecule has 8 nitrogen and oxygen atoms in total. The molecule has 1 aromatic carbocycles.